The van der Waals surface area contributed by atoms with E-state index in [4.69, 9.17) is 5.73 Å². The number of primary amides is 1. The predicted octanol–water partition coefficient (Wildman–Crippen LogP) is 2.51. The lowest BCUT2D eigenvalue weighted by Gasteiger charge is -2.28. The summed E-state index contributed by atoms with van der Waals surface area (Å²) in [6, 6.07) is 12.2. The zero-order valence-corrected chi connectivity index (χ0v) is 19.8. The number of nitrogens with two attached hydrogens (primary N) is 1. The van der Waals surface area contributed by atoms with Gasteiger partial charge in [-0.1, -0.05) is 30.3 Å². The number of carbonyl (C=O) groups excluding carboxylic acids is 2. The fraction of sp³-hybridized carbons (Fsp3) is 0.385. The molecule has 5 N–H and O–H groups in total. The lowest BCUT2D eigenvalue weighted by Crippen LogP contribution is -2.47. The van der Waals surface area contributed by atoms with Gasteiger partial charge in [0, 0.05) is 5.92 Å². The highest BCUT2D eigenvalue weighted by Gasteiger charge is 2.29. The van der Waals surface area contributed by atoms with Crippen LogP contribution in [0.3, 0.4) is 0 Å². The molecular weight excluding hydrogens is 451 g/mol. The Labute approximate surface area is 203 Å². The molecule has 2 amide bonds. The van der Waals surface area contributed by atoms with Crippen molar-refractivity contribution in [1.29, 1.82) is 0 Å². The van der Waals surface area contributed by atoms with Crippen LogP contribution in [0.25, 0.3) is 11.0 Å². The standard InChI is InChI=1S/C26H31FN4O4/c1-26(2,35)12-11-17(24(28)33)14-23(32)21(13-16-7-3-4-8-18(16)27)31-25(34)22-15-29-19-9-5-6-10-20(19)30-22/h3-10,15,17,21,23,32,35H,11-14H2,1-2H3,(H2,28,33)(H,31,34)/t17-,21+,23+/m1/s1. The Morgan fingerprint density at radius 3 is 2.43 bits per heavy atom. The molecular formula is C26H31FN4O4. The van der Waals surface area contributed by atoms with E-state index in [1.165, 1.54) is 12.3 Å². The summed E-state index contributed by atoms with van der Waals surface area (Å²) in [7, 11) is 0. The normalized spacial score (nSPS) is 14.3. The predicted molar refractivity (Wildman–Crippen MR) is 130 cm³/mol. The van der Waals surface area contributed by atoms with Crippen LogP contribution in [0.2, 0.25) is 0 Å². The third-order valence-corrected chi connectivity index (χ3v) is 5.89. The highest BCUT2D eigenvalue weighted by molar-refractivity contribution is 5.94. The van der Waals surface area contributed by atoms with Gasteiger partial charge in [-0.15, -0.1) is 0 Å². The molecule has 0 bridgehead atoms. The summed E-state index contributed by atoms with van der Waals surface area (Å²) in [5.74, 6) is -2.42. The summed E-state index contributed by atoms with van der Waals surface area (Å²) in [5, 5.41) is 23.8. The molecule has 186 valence electrons. The first-order valence-corrected chi connectivity index (χ1v) is 11.5. The van der Waals surface area contributed by atoms with Crippen molar-refractivity contribution >= 4 is 22.8 Å². The third kappa shape index (κ3) is 7.53. The molecule has 3 atom stereocenters. The number of aliphatic hydroxyl groups excluding tert-OH is 1. The molecule has 0 spiro atoms. The molecule has 0 fully saturated rings. The number of amides is 2. The van der Waals surface area contributed by atoms with E-state index in [1.807, 2.05) is 6.07 Å². The summed E-state index contributed by atoms with van der Waals surface area (Å²) in [6.45, 7) is 3.24. The number of aliphatic hydroxyl groups is 2. The first-order valence-electron chi connectivity index (χ1n) is 11.5. The van der Waals surface area contributed by atoms with Gasteiger partial charge in [0.05, 0.1) is 35.0 Å². The van der Waals surface area contributed by atoms with Crippen LogP contribution in [0, 0.1) is 11.7 Å². The topological polar surface area (TPSA) is 138 Å². The van der Waals surface area contributed by atoms with Crippen molar-refractivity contribution < 1.29 is 24.2 Å². The number of halogens is 1. The van der Waals surface area contributed by atoms with E-state index in [0.717, 1.165) is 0 Å². The second-order valence-corrected chi connectivity index (χ2v) is 9.37. The molecule has 2 aromatic carbocycles. The molecule has 1 aromatic heterocycles. The summed E-state index contributed by atoms with van der Waals surface area (Å²) in [4.78, 5) is 33.6. The summed E-state index contributed by atoms with van der Waals surface area (Å²) in [6.07, 6.45) is 0.591. The van der Waals surface area contributed by atoms with Crippen molar-refractivity contribution in [3.63, 3.8) is 0 Å². The van der Waals surface area contributed by atoms with E-state index >= 15 is 0 Å². The lowest BCUT2D eigenvalue weighted by molar-refractivity contribution is -0.123. The average Bonchev–Trinajstić information content (AvgIpc) is 2.81. The summed E-state index contributed by atoms with van der Waals surface area (Å²) < 4.78 is 14.4. The summed E-state index contributed by atoms with van der Waals surface area (Å²) >= 11 is 0. The number of carbonyl (C=O) groups is 2. The van der Waals surface area contributed by atoms with Crippen LogP contribution in [0.1, 0.15) is 49.2 Å². The van der Waals surface area contributed by atoms with Gasteiger partial charge in [-0.25, -0.2) is 9.37 Å². The fourth-order valence-electron chi connectivity index (χ4n) is 3.85. The van der Waals surface area contributed by atoms with E-state index in [9.17, 15) is 24.2 Å². The van der Waals surface area contributed by atoms with Gasteiger partial charge in [0.2, 0.25) is 5.91 Å². The Morgan fingerprint density at radius 2 is 1.77 bits per heavy atom. The quantitative estimate of drug-likeness (QED) is 0.331. The minimum Gasteiger partial charge on any atom is -0.391 e. The van der Waals surface area contributed by atoms with Gasteiger partial charge in [0.25, 0.3) is 5.91 Å². The fourth-order valence-corrected chi connectivity index (χ4v) is 3.85. The van der Waals surface area contributed by atoms with Crippen LogP contribution >= 0.6 is 0 Å². The van der Waals surface area contributed by atoms with Crippen molar-refractivity contribution in [1.82, 2.24) is 15.3 Å². The molecule has 0 radical (unpaired) electrons. The Hall–Kier alpha value is -3.43. The van der Waals surface area contributed by atoms with E-state index in [-0.39, 0.29) is 25.0 Å². The molecule has 0 aliphatic rings. The van der Waals surface area contributed by atoms with Crippen molar-refractivity contribution in [2.75, 3.05) is 0 Å². The second kappa shape index (κ2) is 11.3. The maximum absolute atomic E-state index is 14.4. The van der Waals surface area contributed by atoms with Gasteiger partial charge < -0.3 is 21.3 Å². The first kappa shape index (κ1) is 26.2. The zero-order chi connectivity index (χ0) is 25.6. The number of fused-ring (bicyclic) bond motifs is 1. The minimum absolute atomic E-state index is 0.0163. The molecule has 0 saturated heterocycles. The van der Waals surface area contributed by atoms with E-state index in [0.29, 0.717) is 23.0 Å². The molecule has 0 aliphatic carbocycles. The third-order valence-electron chi connectivity index (χ3n) is 5.89. The molecule has 3 rings (SSSR count). The molecule has 9 heteroatoms. The molecule has 8 nitrogen and oxygen atoms in total. The van der Waals surface area contributed by atoms with Crippen LogP contribution in [-0.2, 0) is 11.2 Å². The van der Waals surface area contributed by atoms with Crippen molar-refractivity contribution in [2.24, 2.45) is 11.7 Å². The number of hydrogen-bond donors (Lipinski definition) is 4. The van der Waals surface area contributed by atoms with Crippen LogP contribution in [0.15, 0.2) is 54.7 Å². The molecule has 0 aliphatic heterocycles. The van der Waals surface area contributed by atoms with E-state index < -0.39 is 41.3 Å². The van der Waals surface area contributed by atoms with Gasteiger partial charge in [-0.3, -0.25) is 14.6 Å². The largest absolute Gasteiger partial charge is 0.391 e. The van der Waals surface area contributed by atoms with Crippen LogP contribution in [-0.4, -0.2) is 49.7 Å². The number of aromatic nitrogens is 2. The lowest BCUT2D eigenvalue weighted by atomic mass is 9.87. The Kier molecular flexibility index (Phi) is 8.48. The number of rotatable bonds is 11. The van der Waals surface area contributed by atoms with Crippen LogP contribution in [0.5, 0.6) is 0 Å². The molecule has 0 unspecified atom stereocenters. The Balaban J connectivity index is 1.82. The second-order valence-electron chi connectivity index (χ2n) is 9.37. The molecule has 1 heterocycles. The molecule has 0 saturated carbocycles. The van der Waals surface area contributed by atoms with Gasteiger partial charge in [0.15, 0.2) is 0 Å². The SMILES string of the molecule is CC(C)(O)CC[C@H](C[C@H](O)[C@H](Cc1ccccc1F)NC(=O)c1cnc2ccccc2n1)C(N)=O. The van der Waals surface area contributed by atoms with Gasteiger partial charge in [-0.05, 0) is 63.3 Å². The van der Waals surface area contributed by atoms with Crippen LogP contribution in [0.4, 0.5) is 4.39 Å². The maximum Gasteiger partial charge on any atom is 0.271 e. The average molecular weight is 483 g/mol. The minimum atomic E-state index is -1.22. The summed E-state index contributed by atoms with van der Waals surface area (Å²) in [5.41, 5.74) is 6.04. The van der Waals surface area contributed by atoms with Crippen molar-refractivity contribution in [3.05, 3.63) is 71.8 Å². The van der Waals surface area contributed by atoms with Crippen molar-refractivity contribution in [2.45, 2.75) is 57.3 Å². The molecule has 35 heavy (non-hydrogen) atoms. The van der Waals surface area contributed by atoms with Gasteiger partial charge >= 0.3 is 0 Å². The van der Waals surface area contributed by atoms with E-state index in [2.05, 4.69) is 15.3 Å². The number of nitrogens with zero attached hydrogens (tertiary/aromatic N) is 2. The number of hydrogen-bond acceptors (Lipinski definition) is 6. The Morgan fingerprint density at radius 1 is 1.11 bits per heavy atom. The number of benzene rings is 2. The zero-order valence-electron chi connectivity index (χ0n) is 19.8. The van der Waals surface area contributed by atoms with E-state index in [1.54, 1.807) is 50.2 Å². The van der Waals surface area contributed by atoms with Crippen molar-refractivity contribution in [3.8, 4) is 0 Å². The first-order chi connectivity index (χ1) is 16.5. The van der Waals surface area contributed by atoms with Crippen LogP contribution < -0.4 is 11.1 Å². The number of para-hydroxylation sites is 2. The highest BCUT2D eigenvalue weighted by atomic mass is 19.1. The van der Waals surface area contributed by atoms with Gasteiger partial charge in [-0.2, -0.15) is 0 Å². The smallest absolute Gasteiger partial charge is 0.271 e. The highest BCUT2D eigenvalue weighted by Crippen LogP contribution is 2.22. The Bertz CT molecular complexity index is 1180. The number of nitrogens with one attached hydrogen (secondary N) is 1. The van der Waals surface area contributed by atoms with Gasteiger partial charge in [0.1, 0.15) is 11.5 Å². The monoisotopic (exact) mass is 482 g/mol. The molecule has 3 aromatic rings. The maximum atomic E-state index is 14.4.